The summed E-state index contributed by atoms with van der Waals surface area (Å²) in [6, 6.07) is 3.29. The molecule has 0 aromatic heterocycles. The van der Waals surface area contributed by atoms with Gasteiger partial charge in [-0.15, -0.1) is 0 Å². The molecular formula is C10H9Cl2NO2. The molecule has 0 fully saturated rings. The first-order chi connectivity index (χ1) is 7.06. The molecule has 5 heteroatoms. The lowest BCUT2D eigenvalue weighted by Crippen LogP contribution is -1.94. The molecule has 0 aliphatic rings. The number of methoxy groups -OCH3 is 1. The van der Waals surface area contributed by atoms with Gasteiger partial charge >= 0.3 is 5.97 Å². The van der Waals surface area contributed by atoms with Crippen LogP contribution in [0.1, 0.15) is 5.56 Å². The van der Waals surface area contributed by atoms with E-state index in [4.69, 9.17) is 28.9 Å². The average Bonchev–Trinajstić information content (AvgIpc) is 2.24. The first-order valence-electron chi connectivity index (χ1n) is 4.05. The fourth-order valence-corrected chi connectivity index (χ4v) is 1.34. The average molecular weight is 246 g/mol. The van der Waals surface area contributed by atoms with E-state index in [9.17, 15) is 4.79 Å². The summed E-state index contributed by atoms with van der Waals surface area (Å²) >= 11 is 11.7. The zero-order chi connectivity index (χ0) is 11.4. The lowest BCUT2D eigenvalue weighted by atomic mass is 10.2. The second-order valence-corrected chi connectivity index (χ2v) is 3.48. The van der Waals surface area contributed by atoms with Crippen molar-refractivity contribution in [2.45, 2.75) is 0 Å². The van der Waals surface area contributed by atoms with Gasteiger partial charge in [0.1, 0.15) is 0 Å². The largest absolute Gasteiger partial charge is 0.466 e. The Morgan fingerprint density at radius 1 is 1.40 bits per heavy atom. The van der Waals surface area contributed by atoms with E-state index in [1.54, 1.807) is 12.1 Å². The highest BCUT2D eigenvalue weighted by Crippen LogP contribution is 2.31. The molecule has 3 nitrogen and oxygen atoms in total. The summed E-state index contributed by atoms with van der Waals surface area (Å²) < 4.78 is 4.44. The molecule has 0 saturated carbocycles. The lowest BCUT2D eigenvalue weighted by molar-refractivity contribution is -0.134. The highest BCUT2D eigenvalue weighted by molar-refractivity contribution is 6.44. The second kappa shape index (κ2) is 5.05. The fraction of sp³-hybridized carbons (Fsp3) is 0.100. The van der Waals surface area contributed by atoms with Crippen LogP contribution in [0.3, 0.4) is 0 Å². The minimum atomic E-state index is -0.459. The number of esters is 1. The SMILES string of the molecule is COC(=O)C=Cc1ccc(N)c(Cl)c1Cl. The predicted octanol–water partition coefficient (Wildman–Crippen LogP) is 2.76. The van der Waals surface area contributed by atoms with Crippen molar-refractivity contribution < 1.29 is 9.53 Å². The number of ether oxygens (including phenoxy) is 1. The Bertz CT molecular complexity index is 416. The Kier molecular flexibility index (Phi) is 4.00. The van der Waals surface area contributed by atoms with E-state index in [1.807, 2.05) is 0 Å². The van der Waals surface area contributed by atoms with E-state index >= 15 is 0 Å². The van der Waals surface area contributed by atoms with Gasteiger partial charge in [0.15, 0.2) is 0 Å². The number of rotatable bonds is 2. The normalized spacial score (nSPS) is 10.6. The number of benzene rings is 1. The molecule has 0 spiro atoms. The molecule has 0 bridgehead atoms. The minimum absolute atomic E-state index is 0.281. The number of nitrogens with two attached hydrogens (primary N) is 1. The van der Waals surface area contributed by atoms with Crippen LogP contribution in [-0.2, 0) is 9.53 Å². The first kappa shape index (κ1) is 11.9. The maximum atomic E-state index is 10.8. The number of hydrogen-bond acceptors (Lipinski definition) is 3. The van der Waals surface area contributed by atoms with Gasteiger partial charge < -0.3 is 10.5 Å². The van der Waals surface area contributed by atoms with Crippen molar-refractivity contribution in [1.29, 1.82) is 0 Å². The van der Waals surface area contributed by atoms with E-state index in [0.29, 0.717) is 16.3 Å². The van der Waals surface area contributed by atoms with Crippen molar-refractivity contribution >= 4 is 40.9 Å². The zero-order valence-corrected chi connectivity index (χ0v) is 9.47. The monoisotopic (exact) mass is 245 g/mol. The minimum Gasteiger partial charge on any atom is -0.466 e. The zero-order valence-electron chi connectivity index (χ0n) is 7.96. The maximum absolute atomic E-state index is 10.8. The quantitative estimate of drug-likeness (QED) is 0.496. The molecule has 0 unspecified atom stereocenters. The van der Waals surface area contributed by atoms with Crippen molar-refractivity contribution in [2.75, 3.05) is 12.8 Å². The van der Waals surface area contributed by atoms with E-state index in [2.05, 4.69) is 4.74 Å². The molecule has 0 aliphatic carbocycles. The standard InChI is InChI=1S/C10H9Cl2NO2/c1-15-8(14)5-3-6-2-4-7(13)10(12)9(6)11/h2-5H,13H2,1H3. The van der Waals surface area contributed by atoms with Crippen LogP contribution in [0.5, 0.6) is 0 Å². The summed E-state index contributed by atoms with van der Waals surface area (Å²) in [6.45, 7) is 0. The second-order valence-electron chi connectivity index (χ2n) is 2.73. The number of nitrogen functional groups attached to an aromatic ring is 1. The molecule has 80 valence electrons. The Balaban J connectivity index is 3.02. The topological polar surface area (TPSA) is 52.3 Å². The third-order valence-electron chi connectivity index (χ3n) is 1.74. The number of hydrogen-bond donors (Lipinski definition) is 1. The van der Waals surface area contributed by atoms with Crippen molar-refractivity contribution in [2.24, 2.45) is 0 Å². The number of carbonyl (C=O) groups excluding carboxylic acids is 1. The molecule has 1 aromatic rings. The Hall–Kier alpha value is -1.19. The molecule has 1 rings (SSSR count). The van der Waals surface area contributed by atoms with Crippen molar-refractivity contribution in [1.82, 2.24) is 0 Å². The molecule has 0 saturated heterocycles. The van der Waals surface area contributed by atoms with Gasteiger partial charge in [0, 0.05) is 6.08 Å². The number of carbonyl (C=O) groups is 1. The van der Waals surface area contributed by atoms with Crippen LogP contribution in [0.25, 0.3) is 6.08 Å². The van der Waals surface area contributed by atoms with Crippen molar-refractivity contribution in [3.8, 4) is 0 Å². The van der Waals surface area contributed by atoms with Crippen LogP contribution in [0.4, 0.5) is 5.69 Å². The lowest BCUT2D eigenvalue weighted by Gasteiger charge is -2.03. The van der Waals surface area contributed by atoms with Crippen molar-refractivity contribution in [3.05, 3.63) is 33.8 Å². The summed E-state index contributed by atoms with van der Waals surface area (Å²) in [5.74, 6) is -0.459. The van der Waals surface area contributed by atoms with Crippen LogP contribution in [-0.4, -0.2) is 13.1 Å². The van der Waals surface area contributed by atoms with Crippen LogP contribution >= 0.6 is 23.2 Å². The summed E-state index contributed by atoms with van der Waals surface area (Å²) in [5.41, 5.74) is 6.55. The van der Waals surface area contributed by atoms with Gasteiger partial charge in [-0.3, -0.25) is 0 Å². The van der Waals surface area contributed by atoms with Crippen LogP contribution in [0, 0.1) is 0 Å². The highest BCUT2D eigenvalue weighted by Gasteiger charge is 2.05. The molecule has 0 aliphatic heterocycles. The predicted molar refractivity (Wildman–Crippen MR) is 61.9 cm³/mol. The van der Waals surface area contributed by atoms with Gasteiger partial charge in [-0.05, 0) is 17.7 Å². The van der Waals surface area contributed by atoms with Crippen LogP contribution < -0.4 is 5.73 Å². The fourth-order valence-electron chi connectivity index (χ4n) is 0.934. The van der Waals surface area contributed by atoms with Crippen LogP contribution in [0.2, 0.25) is 10.0 Å². The molecule has 0 atom stereocenters. The van der Waals surface area contributed by atoms with Gasteiger partial charge in [0.05, 0.1) is 22.8 Å². The third-order valence-corrected chi connectivity index (χ3v) is 2.65. The van der Waals surface area contributed by atoms with Crippen LogP contribution in [0.15, 0.2) is 18.2 Å². The van der Waals surface area contributed by atoms with Gasteiger partial charge in [-0.1, -0.05) is 29.3 Å². The number of halogens is 2. The molecule has 1 aromatic carbocycles. The van der Waals surface area contributed by atoms with Gasteiger partial charge in [-0.2, -0.15) is 0 Å². The molecule has 2 N–H and O–H groups in total. The third kappa shape index (κ3) is 2.88. The van der Waals surface area contributed by atoms with E-state index in [0.717, 1.165) is 0 Å². The molecule has 15 heavy (non-hydrogen) atoms. The van der Waals surface area contributed by atoms with Gasteiger partial charge in [-0.25, -0.2) is 4.79 Å². The maximum Gasteiger partial charge on any atom is 0.330 e. The summed E-state index contributed by atoms with van der Waals surface area (Å²) in [4.78, 5) is 10.8. The summed E-state index contributed by atoms with van der Waals surface area (Å²) in [5, 5.41) is 0.598. The van der Waals surface area contributed by atoms with Gasteiger partial charge in [0.25, 0.3) is 0 Å². The molecule has 0 heterocycles. The molecular weight excluding hydrogens is 237 g/mol. The number of anilines is 1. The van der Waals surface area contributed by atoms with E-state index in [1.165, 1.54) is 19.3 Å². The summed E-state index contributed by atoms with van der Waals surface area (Å²) in [7, 11) is 1.30. The molecule has 0 radical (unpaired) electrons. The summed E-state index contributed by atoms with van der Waals surface area (Å²) in [6.07, 6.45) is 2.77. The first-order valence-corrected chi connectivity index (χ1v) is 4.81. The molecule has 0 amide bonds. The van der Waals surface area contributed by atoms with Crippen molar-refractivity contribution in [3.63, 3.8) is 0 Å². The highest BCUT2D eigenvalue weighted by atomic mass is 35.5. The van der Waals surface area contributed by atoms with Gasteiger partial charge in [0.2, 0.25) is 0 Å². The smallest absolute Gasteiger partial charge is 0.330 e. The van der Waals surface area contributed by atoms with E-state index in [-0.39, 0.29) is 5.02 Å². The van der Waals surface area contributed by atoms with E-state index < -0.39 is 5.97 Å². The Labute approximate surface area is 97.4 Å². The Morgan fingerprint density at radius 2 is 2.07 bits per heavy atom. The Morgan fingerprint density at radius 3 is 2.67 bits per heavy atom.